The van der Waals surface area contributed by atoms with Gasteiger partial charge in [0.2, 0.25) is 5.90 Å². The van der Waals surface area contributed by atoms with E-state index in [9.17, 15) is 4.79 Å². The Kier molecular flexibility index (Phi) is 5.02. The average Bonchev–Trinajstić information content (AvgIpc) is 3.11. The molecule has 4 heteroatoms. The minimum atomic E-state index is -0.447. The number of aliphatic imine (C=N–C) groups is 1. The van der Waals surface area contributed by atoms with Crippen molar-refractivity contribution in [1.29, 1.82) is 0 Å². The zero-order chi connectivity index (χ0) is 19.3. The third-order valence-electron chi connectivity index (χ3n) is 4.41. The molecule has 0 N–H and O–H groups in total. The lowest BCUT2D eigenvalue weighted by atomic mass is 10.1. The van der Waals surface area contributed by atoms with E-state index in [4.69, 9.17) is 9.47 Å². The molecule has 0 bridgehead atoms. The Bertz CT molecular complexity index is 1020. The first kappa shape index (κ1) is 17.7. The van der Waals surface area contributed by atoms with Crippen LogP contribution in [0.5, 0.6) is 5.75 Å². The van der Waals surface area contributed by atoms with Gasteiger partial charge in [0.05, 0.1) is 0 Å². The van der Waals surface area contributed by atoms with Gasteiger partial charge in [0.15, 0.2) is 5.70 Å². The second-order valence-corrected chi connectivity index (χ2v) is 6.44. The van der Waals surface area contributed by atoms with E-state index >= 15 is 0 Å². The minimum Gasteiger partial charge on any atom is -0.486 e. The van der Waals surface area contributed by atoms with Crippen molar-refractivity contribution in [2.75, 3.05) is 0 Å². The van der Waals surface area contributed by atoms with Crippen LogP contribution in [-0.4, -0.2) is 11.9 Å². The Morgan fingerprint density at radius 1 is 0.893 bits per heavy atom. The van der Waals surface area contributed by atoms with E-state index in [-0.39, 0.29) is 11.8 Å². The molecule has 4 rings (SSSR count). The summed E-state index contributed by atoms with van der Waals surface area (Å²) < 4.78 is 11.3. The summed E-state index contributed by atoms with van der Waals surface area (Å²) >= 11 is 0. The van der Waals surface area contributed by atoms with Crippen LogP contribution in [0.25, 0.3) is 6.08 Å². The molecule has 3 aromatic carbocycles. The van der Waals surface area contributed by atoms with Crippen LogP contribution in [0.15, 0.2) is 95.6 Å². The number of carbonyl (C=O) groups excluding carboxylic acids is 1. The zero-order valence-electron chi connectivity index (χ0n) is 15.4. The van der Waals surface area contributed by atoms with Crippen LogP contribution >= 0.6 is 0 Å². The van der Waals surface area contributed by atoms with Gasteiger partial charge in [0.1, 0.15) is 11.9 Å². The van der Waals surface area contributed by atoms with Crippen LogP contribution < -0.4 is 4.74 Å². The molecule has 0 aliphatic carbocycles. The van der Waals surface area contributed by atoms with Crippen molar-refractivity contribution < 1.29 is 14.3 Å². The second kappa shape index (κ2) is 7.92. The molecule has 0 spiro atoms. The van der Waals surface area contributed by atoms with Gasteiger partial charge < -0.3 is 9.47 Å². The number of hydrogen-bond donors (Lipinski definition) is 0. The molecule has 1 heterocycles. The number of esters is 1. The lowest BCUT2D eigenvalue weighted by Gasteiger charge is -2.15. The van der Waals surface area contributed by atoms with E-state index in [2.05, 4.69) is 4.99 Å². The molecule has 0 radical (unpaired) electrons. The van der Waals surface area contributed by atoms with Gasteiger partial charge in [0, 0.05) is 5.56 Å². The highest BCUT2D eigenvalue weighted by Gasteiger charge is 2.23. The van der Waals surface area contributed by atoms with Crippen LogP contribution in [0.1, 0.15) is 29.7 Å². The smallest absolute Gasteiger partial charge is 0.363 e. The fourth-order valence-corrected chi connectivity index (χ4v) is 2.91. The van der Waals surface area contributed by atoms with Crippen LogP contribution in [0.4, 0.5) is 0 Å². The predicted molar refractivity (Wildman–Crippen MR) is 109 cm³/mol. The maximum absolute atomic E-state index is 12.1. The summed E-state index contributed by atoms with van der Waals surface area (Å²) in [6.45, 7) is 2.01. The van der Waals surface area contributed by atoms with Crippen molar-refractivity contribution in [3.05, 3.63) is 107 Å². The number of carbonyl (C=O) groups is 1. The summed E-state index contributed by atoms with van der Waals surface area (Å²) in [7, 11) is 0. The van der Waals surface area contributed by atoms with E-state index in [1.165, 1.54) is 0 Å². The maximum atomic E-state index is 12.1. The monoisotopic (exact) mass is 369 g/mol. The normalized spacial score (nSPS) is 15.8. The molecule has 28 heavy (non-hydrogen) atoms. The van der Waals surface area contributed by atoms with E-state index in [1.807, 2.05) is 91.9 Å². The van der Waals surface area contributed by atoms with Crippen molar-refractivity contribution in [2.45, 2.75) is 13.0 Å². The van der Waals surface area contributed by atoms with Crippen molar-refractivity contribution in [1.82, 2.24) is 0 Å². The summed E-state index contributed by atoms with van der Waals surface area (Å²) in [5, 5.41) is 0. The number of ether oxygens (including phenoxy) is 2. The zero-order valence-corrected chi connectivity index (χ0v) is 15.4. The quantitative estimate of drug-likeness (QED) is 0.460. The first-order chi connectivity index (χ1) is 13.7. The molecule has 0 unspecified atom stereocenters. The Balaban J connectivity index is 1.48. The average molecular weight is 369 g/mol. The fourth-order valence-electron chi connectivity index (χ4n) is 2.91. The first-order valence-electron chi connectivity index (χ1n) is 9.09. The highest BCUT2D eigenvalue weighted by Crippen LogP contribution is 2.24. The molecular formula is C24H19NO3. The Morgan fingerprint density at radius 3 is 2.21 bits per heavy atom. The largest absolute Gasteiger partial charge is 0.486 e. The summed E-state index contributed by atoms with van der Waals surface area (Å²) in [5.74, 6) is 0.645. The van der Waals surface area contributed by atoms with Gasteiger partial charge in [-0.1, -0.05) is 60.7 Å². The SMILES string of the molecule is C[C@@H](Oc1ccc(/C=C2/N=C(c3ccccc3)OC2=O)cc1)c1ccccc1. The van der Waals surface area contributed by atoms with Crippen LogP contribution in [0, 0.1) is 0 Å². The molecular weight excluding hydrogens is 350 g/mol. The standard InChI is InChI=1S/C24H19NO3/c1-17(19-8-4-2-5-9-19)27-21-14-12-18(13-15-21)16-22-24(26)28-23(25-22)20-10-6-3-7-11-20/h2-17H,1H3/b22-16+/t17-/m1/s1. The molecule has 3 aromatic rings. The third-order valence-corrected chi connectivity index (χ3v) is 4.41. The van der Waals surface area contributed by atoms with Gasteiger partial charge in [-0.3, -0.25) is 0 Å². The van der Waals surface area contributed by atoms with Crippen LogP contribution in [0.3, 0.4) is 0 Å². The van der Waals surface area contributed by atoms with Gasteiger partial charge >= 0.3 is 5.97 Å². The van der Waals surface area contributed by atoms with Crippen molar-refractivity contribution >= 4 is 17.9 Å². The van der Waals surface area contributed by atoms with E-state index in [0.717, 1.165) is 22.4 Å². The molecule has 1 atom stereocenters. The third kappa shape index (κ3) is 4.01. The summed E-state index contributed by atoms with van der Waals surface area (Å²) in [5.41, 5.74) is 3.03. The van der Waals surface area contributed by atoms with E-state index in [1.54, 1.807) is 6.08 Å². The molecule has 4 nitrogen and oxygen atoms in total. The molecule has 0 saturated heterocycles. The van der Waals surface area contributed by atoms with Gasteiger partial charge in [-0.15, -0.1) is 0 Å². The molecule has 0 fully saturated rings. The summed E-state index contributed by atoms with van der Waals surface area (Å²) in [6, 6.07) is 27.0. The molecule has 138 valence electrons. The highest BCUT2D eigenvalue weighted by molar-refractivity contribution is 6.12. The van der Waals surface area contributed by atoms with Gasteiger partial charge in [-0.2, -0.15) is 0 Å². The summed E-state index contributed by atoms with van der Waals surface area (Å²) in [4.78, 5) is 16.4. The molecule has 0 aromatic heterocycles. The number of nitrogens with zero attached hydrogens (tertiary/aromatic N) is 1. The highest BCUT2D eigenvalue weighted by atomic mass is 16.6. The first-order valence-corrected chi connectivity index (χ1v) is 9.09. The van der Waals surface area contributed by atoms with Crippen molar-refractivity contribution in [2.24, 2.45) is 4.99 Å². The Morgan fingerprint density at radius 2 is 1.54 bits per heavy atom. The summed E-state index contributed by atoms with van der Waals surface area (Å²) in [6.07, 6.45) is 1.66. The number of rotatable bonds is 5. The molecule has 1 aliphatic rings. The van der Waals surface area contributed by atoms with Crippen LogP contribution in [-0.2, 0) is 9.53 Å². The van der Waals surface area contributed by atoms with Crippen LogP contribution in [0.2, 0.25) is 0 Å². The predicted octanol–water partition coefficient (Wildman–Crippen LogP) is 5.17. The van der Waals surface area contributed by atoms with Crippen molar-refractivity contribution in [3.8, 4) is 5.75 Å². The Hall–Kier alpha value is -3.66. The number of cyclic esters (lactones) is 1. The lowest BCUT2D eigenvalue weighted by molar-refractivity contribution is -0.129. The minimum absolute atomic E-state index is 0.0479. The molecule has 0 amide bonds. The van der Waals surface area contributed by atoms with E-state index < -0.39 is 5.97 Å². The molecule has 1 aliphatic heterocycles. The topological polar surface area (TPSA) is 47.9 Å². The molecule has 0 saturated carbocycles. The van der Waals surface area contributed by atoms with Gasteiger partial charge in [-0.25, -0.2) is 9.79 Å². The maximum Gasteiger partial charge on any atom is 0.363 e. The van der Waals surface area contributed by atoms with Gasteiger partial charge in [-0.05, 0) is 48.4 Å². The fraction of sp³-hybridized carbons (Fsp3) is 0.0833. The second-order valence-electron chi connectivity index (χ2n) is 6.44. The lowest BCUT2D eigenvalue weighted by Crippen LogP contribution is -2.04. The Labute approximate surface area is 163 Å². The van der Waals surface area contributed by atoms with Gasteiger partial charge in [0.25, 0.3) is 0 Å². The number of benzene rings is 3. The van der Waals surface area contributed by atoms with Crippen molar-refractivity contribution in [3.63, 3.8) is 0 Å². The number of hydrogen-bond acceptors (Lipinski definition) is 4. The van der Waals surface area contributed by atoms with E-state index in [0.29, 0.717) is 5.90 Å².